The molecule has 0 spiro atoms. The largest absolute Gasteiger partial charge is 0.497 e. The zero-order chi connectivity index (χ0) is 21.1. The molecule has 1 fully saturated rings. The average molecular weight is 424 g/mol. The molecular weight excluding hydrogens is 390 g/mol. The van der Waals surface area contributed by atoms with Crippen LogP contribution in [-0.2, 0) is 11.2 Å². The molecule has 1 heterocycles. The molecule has 7 nitrogen and oxygen atoms in total. The van der Waals surface area contributed by atoms with E-state index in [9.17, 15) is 4.79 Å². The van der Waals surface area contributed by atoms with Gasteiger partial charge >= 0.3 is 0 Å². The minimum atomic E-state index is -0.177. The highest BCUT2D eigenvalue weighted by molar-refractivity contribution is 6.31. The molecule has 4 N–H and O–H groups in total. The van der Waals surface area contributed by atoms with Gasteiger partial charge in [-0.25, -0.2) is 0 Å². The number of ether oxygens (including phenoxy) is 1. The van der Waals surface area contributed by atoms with Gasteiger partial charge in [0.25, 0.3) is 0 Å². The molecule has 0 aromatic heterocycles. The number of benzene rings is 1. The number of nitrogens with two attached hydrogens (primary N) is 1. The Morgan fingerprint density at radius 2 is 2.24 bits per heavy atom. The Balaban J connectivity index is 1.74. The van der Waals surface area contributed by atoms with Crippen molar-refractivity contribution in [2.75, 3.05) is 46.4 Å². The van der Waals surface area contributed by atoms with Crippen molar-refractivity contribution in [3.63, 3.8) is 0 Å². The second-order valence-corrected chi connectivity index (χ2v) is 7.70. The molecule has 1 amide bonds. The molecule has 2 rings (SSSR count). The number of hydrogen-bond acceptors (Lipinski definition) is 4. The van der Waals surface area contributed by atoms with E-state index in [-0.39, 0.29) is 11.8 Å². The fraction of sp³-hybridized carbons (Fsp3) is 0.619. The zero-order valence-corrected chi connectivity index (χ0v) is 18.3. The van der Waals surface area contributed by atoms with E-state index >= 15 is 0 Å². The van der Waals surface area contributed by atoms with E-state index in [0.717, 1.165) is 82.2 Å². The summed E-state index contributed by atoms with van der Waals surface area (Å²) < 4.78 is 5.19. The van der Waals surface area contributed by atoms with Crippen LogP contribution in [0.3, 0.4) is 0 Å². The van der Waals surface area contributed by atoms with E-state index in [4.69, 9.17) is 22.1 Å². The Kier molecular flexibility index (Phi) is 10.1. The summed E-state index contributed by atoms with van der Waals surface area (Å²) in [4.78, 5) is 18.4. The molecule has 0 saturated carbocycles. The molecule has 8 heteroatoms. The van der Waals surface area contributed by atoms with Crippen molar-refractivity contribution in [2.45, 2.75) is 32.6 Å². The van der Waals surface area contributed by atoms with Gasteiger partial charge in [-0.05, 0) is 63.4 Å². The minimum Gasteiger partial charge on any atom is -0.497 e. The maximum Gasteiger partial charge on any atom is 0.221 e. The van der Waals surface area contributed by atoms with Crippen molar-refractivity contribution < 1.29 is 9.53 Å². The van der Waals surface area contributed by atoms with Gasteiger partial charge in [0.1, 0.15) is 5.75 Å². The van der Waals surface area contributed by atoms with Crippen LogP contribution in [0.4, 0.5) is 0 Å². The van der Waals surface area contributed by atoms with Crippen molar-refractivity contribution in [1.82, 2.24) is 15.5 Å². The Bertz CT molecular complexity index is 683. The third-order valence-corrected chi connectivity index (χ3v) is 5.45. The monoisotopic (exact) mass is 423 g/mol. The Hall–Kier alpha value is -1.99. The first-order valence-corrected chi connectivity index (χ1v) is 10.8. The summed E-state index contributed by atoms with van der Waals surface area (Å²) in [5.41, 5.74) is 6.53. The summed E-state index contributed by atoms with van der Waals surface area (Å²) in [7, 11) is 1.63. The highest BCUT2D eigenvalue weighted by atomic mass is 35.5. The summed E-state index contributed by atoms with van der Waals surface area (Å²) in [5, 5.41) is 7.34. The quantitative estimate of drug-likeness (QED) is 0.304. The molecule has 1 saturated heterocycles. The number of methoxy groups -OCH3 is 1. The number of amides is 1. The summed E-state index contributed by atoms with van der Waals surface area (Å²) >= 11 is 6.30. The van der Waals surface area contributed by atoms with Crippen LogP contribution in [0.1, 0.15) is 31.7 Å². The number of piperidine rings is 1. The lowest BCUT2D eigenvalue weighted by atomic mass is 9.97. The zero-order valence-electron chi connectivity index (χ0n) is 17.5. The van der Waals surface area contributed by atoms with E-state index < -0.39 is 0 Å². The van der Waals surface area contributed by atoms with Gasteiger partial charge in [0.05, 0.1) is 13.0 Å². The van der Waals surface area contributed by atoms with Crippen molar-refractivity contribution >= 4 is 23.5 Å². The number of rotatable bonds is 10. The number of hydrogen-bond donors (Lipinski definition) is 3. The predicted molar refractivity (Wildman–Crippen MR) is 119 cm³/mol. The number of carbonyl (C=O) groups is 1. The number of nitrogens with one attached hydrogen (secondary N) is 2. The molecule has 1 unspecified atom stereocenters. The topological polar surface area (TPSA) is 92.0 Å². The summed E-state index contributed by atoms with van der Waals surface area (Å²) in [5.74, 6) is 1.39. The van der Waals surface area contributed by atoms with E-state index in [1.807, 2.05) is 18.2 Å². The highest BCUT2D eigenvalue weighted by Crippen LogP contribution is 2.22. The highest BCUT2D eigenvalue weighted by Gasteiger charge is 2.23. The number of guanidine groups is 1. The smallest absolute Gasteiger partial charge is 0.221 e. The molecule has 1 atom stereocenters. The molecular formula is C21H34ClN5O2. The Morgan fingerprint density at radius 3 is 2.93 bits per heavy atom. The third kappa shape index (κ3) is 8.11. The standard InChI is InChI=1S/C21H34ClN5O2/c1-3-24-21(26-11-9-16-7-8-18(29-2)14-19(16)22)25-10-5-13-27-12-4-6-17(15-27)20(23)28/h7-8,14,17H,3-6,9-13,15H2,1-2H3,(H2,23,28)(H2,24,25,26). The maximum atomic E-state index is 11.4. The Morgan fingerprint density at radius 1 is 1.41 bits per heavy atom. The molecule has 1 aliphatic heterocycles. The molecule has 162 valence electrons. The first-order chi connectivity index (χ1) is 14.0. The number of carbonyl (C=O) groups excluding carboxylic acids is 1. The summed E-state index contributed by atoms with van der Waals surface area (Å²) in [6.45, 7) is 7.08. The molecule has 0 bridgehead atoms. The predicted octanol–water partition coefficient (Wildman–Crippen LogP) is 2.03. The second kappa shape index (κ2) is 12.5. The lowest BCUT2D eigenvalue weighted by molar-refractivity contribution is -0.123. The van der Waals surface area contributed by atoms with Gasteiger partial charge in [-0.15, -0.1) is 0 Å². The number of primary amides is 1. The first-order valence-electron chi connectivity index (χ1n) is 10.4. The summed E-state index contributed by atoms with van der Waals surface area (Å²) in [6.07, 6.45) is 3.70. The fourth-order valence-electron chi connectivity index (χ4n) is 3.49. The van der Waals surface area contributed by atoms with Crippen molar-refractivity contribution in [3.8, 4) is 5.75 Å². The summed E-state index contributed by atoms with van der Waals surface area (Å²) in [6, 6.07) is 5.74. The first kappa shape index (κ1) is 23.3. The van der Waals surface area contributed by atoms with Gasteiger partial charge in [0, 0.05) is 31.2 Å². The van der Waals surface area contributed by atoms with Crippen molar-refractivity contribution in [3.05, 3.63) is 28.8 Å². The number of halogens is 1. The molecule has 1 aromatic carbocycles. The molecule has 29 heavy (non-hydrogen) atoms. The van der Waals surface area contributed by atoms with Gasteiger partial charge in [-0.1, -0.05) is 17.7 Å². The normalized spacial score (nSPS) is 17.8. The molecule has 0 aliphatic carbocycles. The van der Waals surface area contributed by atoms with Crippen LogP contribution in [0.2, 0.25) is 5.02 Å². The van der Waals surface area contributed by atoms with Crippen LogP contribution in [-0.4, -0.2) is 63.1 Å². The number of likely N-dealkylation sites (tertiary alicyclic amines) is 1. The molecule has 1 aromatic rings. The van der Waals surface area contributed by atoms with Crippen LogP contribution < -0.4 is 21.1 Å². The van der Waals surface area contributed by atoms with Crippen LogP contribution in [0.25, 0.3) is 0 Å². The van der Waals surface area contributed by atoms with Gasteiger partial charge in [0.2, 0.25) is 5.91 Å². The number of aliphatic imine (C=N–C) groups is 1. The van der Waals surface area contributed by atoms with Gasteiger partial charge in [-0.2, -0.15) is 0 Å². The van der Waals surface area contributed by atoms with E-state index in [1.165, 1.54) is 0 Å². The van der Waals surface area contributed by atoms with E-state index in [0.29, 0.717) is 5.02 Å². The van der Waals surface area contributed by atoms with Gasteiger partial charge in [0.15, 0.2) is 5.96 Å². The van der Waals surface area contributed by atoms with Crippen LogP contribution >= 0.6 is 11.6 Å². The fourth-order valence-corrected chi connectivity index (χ4v) is 3.76. The second-order valence-electron chi connectivity index (χ2n) is 7.29. The van der Waals surface area contributed by atoms with Gasteiger partial charge in [-0.3, -0.25) is 9.79 Å². The van der Waals surface area contributed by atoms with Crippen molar-refractivity contribution in [1.29, 1.82) is 0 Å². The van der Waals surface area contributed by atoms with Crippen LogP contribution in [0.5, 0.6) is 5.75 Å². The van der Waals surface area contributed by atoms with Gasteiger partial charge < -0.3 is 26.0 Å². The molecule has 0 radical (unpaired) electrons. The average Bonchev–Trinajstić information content (AvgIpc) is 2.72. The lowest BCUT2D eigenvalue weighted by Gasteiger charge is -2.30. The maximum absolute atomic E-state index is 11.4. The van der Waals surface area contributed by atoms with E-state index in [1.54, 1.807) is 7.11 Å². The van der Waals surface area contributed by atoms with E-state index in [2.05, 4.69) is 27.4 Å². The van der Waals surface area contributed by atoms with Crippen LogP contribution in [0, 0.1) is 5.92 Å². The third-order valence-electron chi connectivity index (χ3n) is 5.10. The van der Waals surface area contributed by atoms with Crippen LogP contribution in [0.15, 0.2) is 23.2 Å². The minimum absolute atomic E-state index is 0.00369. The van der Waals surface area contributed by atoms with Crippen molar-refractivity contribution in [2.24, 2.45) is 16.6 Å². The molecule has 1 aliphatic rings. The Labute approximate surface area is 179 Å². The lowest BCUT2D eigenvalue weighted by Crippen LogP contribution is -2.41. The number of nitrogens with zero attached hydrogens (tertiary/aromatic N) is 2. The SMILES string of the molecule is CCNC(=NCCCN1CCCC(C(N)=O)C1)NCCc1ccc(OC)cc1Cl.